The Kier molecular flexibility index (Phi) is 6.73. The van der Waals surface area contributed by atoms with Gasteiger partial charge in [-0.1, -0.05) is 32.8 Å². The molecule has 0 bridgehead atoms. The first-order chi connectivity index (χ1) is 13.0. The van der Waals surface area contributed by atoms with Crippen molar-refractivity contribution in [3.63, 3.8) is 0 Å². The van der Waals surface area contributed by atoms with E-state index in [1.165, 1.54) is 0 Å². The number of rotatable bonds is 4. The van der Waals surface area contributed by atoms with Crippen molar-refractivity contribution in [3.8, 4) is 5.75 Å². The number of phenolic OH excluding ortho intramolecular Hbond substituents is 1. The summed E-state index contributed by atoms with van der Waals surface area (Å²) in [5.74, 6) is -0.0715. The van der Waals surface area contributed by atoms with Crippen LogP contribution < -0.4 is 5.32 Å². The van der Waals surface area contributed by atoms with Crippen LogP contribution in [0.5, 0.6) is 5.75 Å². The number of nitrogens with zero attached hydrogens (tertiary/aromatic N) is 1. The van der Waals surface area contributed by atoms with Crippen LogP contribution in [0, 0.1) is 0 Å². The highest BCUT2D eigenvalue weighted by molar-refractivity contribution is 5.97. The maximum atomic E-state index is 12.8. The van der Waals surface area contributed by atoms with Gasteiger partial charge in [0.25, 0.3) is 5.91 Å². The summed E-state index contributed by atoms with van der Waals surface area (Å²) in [6.07, 6.45) is 3.07. The maximum absolute atomic E-state index is 12.8. The van der Waals surface area contributed by atoms with Crippen molar-refractivity contribution in [3.05, 3.63) is 29.3 Å². The summed E-state index contributed by atoms with van der Waals surface area (Å²) in [7, 11) is 0. The lowest BCUT2D eigenvalue weighted by Gasteiger charge is -2.38. The molecule has 1 aromatic carbocycles. The highest BCUT2D eigenvalue weighted by Gasteiger charge is 2.35. The minimum atomic E-state index is -0.620. The summed E-state index contributed by atoms with van der Waals surface area (Å²) >= 11 is 0. The fourth-order valence-electron chi connectivity index (χ4n) is 4.13. The van der Waals surface area contributed by atoms with E-state index in [9.17, 15) is 15.0 Å². The van der Waals surface area contributed by atoms with Gasteiger partial charge in [0.1, 0.15) is 5.75 Å². The lowest BCUT2D eigenvalue weighted by molar-refractivity contribution is -0.0308. The highest BCUT2D eigenvalue weighted by Crippen LogP contribution is 2.26. The molecule has 2 aliphatic rings. The standard InChI is InChI=1S/C21H32N2O4/c1-14(2)15-7-8-19(24)16(13-15)21(26)22-17-5-3-4-6-18(20(17)25)23-9-11-27-12-10-23/h7-8,13-14,17-18,20,24-25H,3-6,9-12H2,1-2H3,(H,22,26)/t17-,18-,20-/m1/s1. The number of aromatic hydroxyl groups is 1. The molecule has 1 aliphatic heterocycles. The molecular formula is C21H32N2O4. The number of amides is 1. The zero-order valence-electron chi connectivity index (χ0n) is 16.4. The molecule has 2 fully saturated rings. The van der Waals surface area contributed by atoms with E-state index >= 15 is 0 Å². The number of nitrogens with one attached hydrogen (secondary N) is 1. The van der Waals surface area contributed by atoms with Crippen LogP contribution >= 0.6 is 0 Å². The van der Waals surface area contributed by atoms with E-state index in [1.807, 2.05) is 6.07 Å². The molecular weight excluding hydrogens is 344 g/mol. The number of hydrogen-bond donors (Lipinski definition) is 3. The summed E-state index contributed by atoms with van der Waals surface area (Å²) < 4.78 is 5.43. The first-order valence-electron chi connectivity index (χ1n) is 10.1. The number of aliphatic hydroxyl groups excluding tert-OH is 1. The molecule has 0 radical (unpaired) electrons. The molecule has 1 aromatic rings. The lowest BCUT2D eigenvalue weighted by atomic mass is 9.97. The number of phenols is 1. The Bertz CT molecular complexity index is 643. The molecule has 0 spiro atoms. The molecule has 3 N–H and O–H groups in total. The molecule has 6 heteroatoms. The lowest BCUT2D eigenvalue weighted by Crippen LogP contribution is -2.55. The summed E-state index contributed by atoms with van der Waals surface area (Å²) in [6.45, 7) is 7.12. The van der Waals surface area contributed by atoms with Crippen LogP contribution in [0.25, 0.3) is 0 Å². The second-order valence-electron chi connectivity index (χ2n) is 8.00. The van der Waals surface area contributed by atoms with Crippen LogP contribution in [-0.4, -0.2) is 65.5 Å². The summed E-state index contributed by atoms with van der Waals surface area (Å²) in [5.41, 5.74) is 1.28. The first kappa shape index (κ1) is 20.1. The highest BCUT2D eigenvalue weighted by atomic mass is 16.5. The minimum absolute atomic E-state index is 0.0234. The van der Waals surface area contributed by atoms with E-state index in [0.29, 0.717) is 13.2 Å². The predicted octanol–water partition coefficient (Wildman–Crippen LogP) is 2.25. The van der Waals surface area contributed by atoms with Gasteiger partial charge in [0.05, 0.1) is 30.9 Å². The van der Waals surface area contributed by atoms with Crippen molar-refractivity contribution in [2.24, 2.45) is 0 Å². The number of carbonyl (C=O) groups excluding carboxylic acids is 1. The van der Waals surface area contributed by atoms with E-state index in [2.05, 4.69) is 24.1 Å². The van der Waals surface area contributed by atoms with Crippen LogP contribution in [0.4, 0.5) is 0 Å². The zero-order valence-corrected chi connectivity index (χ0v) is 16.4. The largest absolute Gasteiger partial charge is 0.507 e. The van der Waals surface area contributed by atoms with Crippen molar-refractivity contribution < 1.29 is 19.7 Å². The average Bonchev–Trinajstić information content (AvgIpc) is 2.84. The summed E-state index contributed by atoms with van der Waals surface area (Å²) in [4.78, 5) is 15.1. The summed E-state index contributed by atoms with van der Waals surface area (Å²) in [5, 5.41) is 24.2. The van der Waals surface area contributed by atoms with E-state index in [4.69, 9.17) is 4.74 Å². The van der Waals surface area contributed by atoms with Crippen molar-refractivity contribution in [1.82, 2.24) is 10.2 Å². The van der Waals surface area contributed by atoms with Crippen LogP contribution in [0.2, 0.25) is 0 Å². The Balaban J connectivity index is 1.73. The second-order valence-corrected chi connectivity index (χ2v) is 8.00. The number of aliphatic hydroxyl groups is 1. The van der Waals surface area contributed by atoms with Gasteiger partial charge in [0.2, 0.25) is 0 Å². The Morgan fingerprint density at radius 2 is 1.93 bits per heavy atom. The summed E-state index contributed by atoms with van der Waals surface area (Å²) in [6, 6.07) is 4.89. The molecule has 1 amide bonds. The van der Waals surface area contributed by atoms with Gasteiger partial charge in [-0.05, 0) is 36.5 Å². The Morgan fingerprint density at radius 3 is 2.63 bits per heavy atom. The van der Waals surface area contributed by atoms with Crippen molar-refractivity contribution in [2.75, 3.05) is 26.3 Å². The maximum Gasteiger partial charge on any atom is 0.255 e. The van der Waals surface area contributed by atoms with Gasteiger partial charge in [-0.2, -0.15) is 0 Å². The first-order valence-corrected chi connectivity index (χ1v) is 10.1. The molecule has 1 aliphatic carbocycles. The van der Waals surface area contributed by atoms with Crippen molar-refractivity contribution >= 4 is 5.91 Å². The van der Waals surface area contributed by atoms with Gasteiger partial charge in [-0.25, -0.2) is 0 Å². The zero-order chi connectivity index (χ0) is 19.4. The molecule has 1 saturated carbocycles. The number of morpholine rings is 1. The van der Waals surface area contributed by atoms with E-state index in [1.54, 1.807) is 12.1 Å². The molecule has 1 saturated heterocycles. The molecule has 1 heterocycles. The monoisotopic (exact) mass is 376 g/mol. The van der Waals surface area contributed by atoms with Crippen molar-refractivity contribution in [1.29, 1.82) is 0 Å². The number of hydrogen-bond acceptors (Lipinski definition) is 5. The van der Waals surface area contributed by atoms with Gasteiger partial charge in [-0.15, -0.1) is 0 Å². The fraction of sp³-hybridized carbons (Fsp3) is 0.667. The number of benzene rings is 1. The van der Waals surface area contributed by atoms with Crippen LogP contribution in [0.15, 0.2) is 18.2 Å². The third-order valence-electron chi connectivity index (χ3n) is 5.83. The van der Waals surface area contributed by atoms with E-state index in [0.717, 1.165) is 44.3 Å². The normalized spacial score (nSPS) is 27.3. The quantitative estimate of drug-likeness (QED) is 0.702. The number of ether oxygens (including phenoxy) is 1. The molecule has 3 rings (SSSR count). The Labute approximate surface area is 161 Å². The topological polar surface area (TPSA) is 82.0 Å². The van der Waals surface area contributed by atoms with Gasteiger partial charge in [0.15, 0.2) is 0 Å². The van der Waals surface area contributed by atoms with Crippen molar-refractivity contribution in [2.45, 2.75) is 63.6 Å². The van der Waals surface area contributed by atoms with Gasteiger partial charge < -0.3 is 20.3 Å². The molecule has 0 aromatic heterocycles. The van der Waals surface area contributed by atoms with E-state index < -0.39 is 6.10 Å². The van der Waals surface area contributed by atoms with Crippen LogP contribution in [0.3, 0.4) is 0 Å². The van der Waals surface area contributed by atoms with Gasteiger partial charge in [0, 0.05) is 19.1 Å². The van der Waals surface area contributed by atoms with Gasteiger partial charge >= 0.3 is 0 Å². The van der Waals surface area contributed by atoms with E-state index in [-0.39, 0.29) is 35.2 Å². The second kappa shape index (κ2) is 9.04. The third kappa shape index (κ3) is 4.81. The molecule has 150 valence electrons. The van der Waals surface area contributed by atoms with Crippen LogP contribution in [0.1, 0.15) is 61.4 Å². The molecule has 6 nitrogen and oxygen atoms in total. The Hall–Kier alpha value is -1.63. The fourth-order valence-corrected chi connectivity index (χ4v) is 4.13. The molecule has 27 heavy (non-hydrogen) atoms. The van der Waals surface area contributed by atoms with Gasteiger partial charge in [-0.3, -0.25) is 9.69 Å². The minimum Gasteiger partial charge on any atom is -0.507 e. The third-order valence-corrected chi connectivity index (χ3v) is 5.83. The SMILES string of the molecule is CC(C)c1ccc(O)c(C(=O)N[C@@H]2CCCC[C@@H](N3CCOCC3)[C@@H]2O)c1. The molecule has 3 atom stereocenters. The number of carbonyl (C=O) groups is 1. The average molecular weight is 376 g/mol. The molecule has 0 unspecified atom stereocenters. The smallest absolute Gasteiger partial charge is 0.255 e. The van der Waals surface area contributed by atoms with Crippen LogP contribution in [-0.2, 0) is 4.74 Å². The predicted molar refractivity (Wildman–Crippen MR) is 104 cm³/mol. The Morgan fingerprint density at radius 1 is 1.22 bits per heavy atom.